The first kappa shape index (κ1) is 12.9. The predicted octanol–water partition coefficient (Wildman–Crippen LogP) is 2.02. The molecule has 0 saturated heterocycles. The van der Waals surface area contributed by atoms with Crippen molar-refractivity contribution in [3.05, 3.63) is 58.6 Å². The maximum absolute atomic E-state index is 13.2. The molecule has 1 aromatic heterocycles. The lowest BCUT2D eigenvalue weighted by Crippen LogP contribution is -2.29. The number of nitrogens with one attached hydrogen (secondary N) is 1. The van der Waals surface area contributed by atoms with Gasteiger partial charge in [-0.15, -0.1) is 0 Å². The molecular weight excluding hydrogens is 255 g/mol. The normalized spacial score (nSPS) is 12.4. The van der Waals surface area contributed by atoms with Crippen molar-refractivity contribution in [1.29, 1.82) is 0 Å². The van der Waals surface area contributed by atoms with Crippen LogP contribution in [0.1, 0.15) is 17.2 Å². The summed E-state index contributed by atoms with van der Waals surface area (Å²) < 4.78 is 13.2. The van der Waals surface area contributed by atoms with Gasteiger partial charge < -0.3 is 0 Å². The number of hydrazine groups is 1. The highest BCUT2D eigenvalue weighted by atomic mass is 35.5. The quantitative estimate of drug-likeness (QED) is 0.656. The Morgan fingerprint density at radius 2 is 2.17 bits per heavy atom. The summed E-state index contributed by atoms with van der Waals surface area (Å²) in [5.74, 6) is 5.18. The molecule has 6 heteroatoms. The number of aromatic nitrogens is 2. The van der Waals surface area contributed by atoms with Crippen LogP contribution < -0.4 is 11.3 Å². The number of halogens is 2. The Morgan fingerprint density at radius 3 is 2.83 bits per heavy atom. The first-order chi connectivity index (χ1) is 8.70. The van der Waals surface area contributed by atoms with Gasteiger partial charge in [-0.25, -0.2) is 4.39 Å². The minimum Gasteiger partial charge on any atom is -0.271 e. The minimum absolute atomic E-state index is 0.195. The van der Waals surface area contributed by atoms with Crippen LogP contribution >= 0.6 is 11.6 Å². The van der Waals surface area contributed by atoms with Crippen molar-refractivity contribution < 1.29 is 4.39 Å². The van der Waals surface area contributed by atoms with Gasteiger partial charge in [0, 0.05) is 11.2 Å². The van der Waals surface area contributed by atoms with E-state index in [-0.39, 0.29) is 11.9 Å². The lowest BCUT2D eigenvalue weighted by atomic mass is 10.0. The molecule has 0 radical (unpaired) electrons. The monoisotopic (exact) mass is 266 g/mol. The van der Waals surface area contributed by atoms with Crippen LogP contribution in [0.25, 0.3) is 0 Å². The second-order valence-electron chi connectivity index (χ2n) is 3.83. The highest BCUT2D eigenvalue weighted by molar-refractivity contribution is 6.31. The molecular formula is C12H12ClFN4. The zero-order valence-corrected chi connectivity index (χ0v) is 10.2. The number of benzene rings is 1. The Morgan fingerprint density at radius 1 is 1.33 bits per heavy atom. The molecule has 1 unspecified atom stereocenters. The smallest absolute Gasteiger partial charge is 0.123 e. The van der Waals surface area contributed by atoms with Crippen LogP contribution in [0.2, 0.25) is 5.02 Å². The summed E-state index contributed by atoms with van der Waals surface area (Å²) in [5, 5.41) is 7.99. The maximum Gasteiger partial charge on any atom is 0.123 e. The molecule has 0 fully saturated rings. The third kappa shape index (κ3) is 3.01. The third-order valence-corrected chi connectivity index (χ3v) is 3.01. The number of nitrogens with two attached hydrogens (primary N) is 1. The van der Waals surface area contributed by atoms with E-state index in [4.69, 9.17) is 17.4 Å². The third-order valence-electron chi connectivity index (χ3n) is 2.64. The summed E-state index contributed by atoms with van der Waals surface area (Å²) in [7, 11) is 0. The van der Waals surface area contributed by atoms with Crippen molar-refractivity contribution in [1.82, 2.24) is 15.6 Å². The highest BCUT2D eigenvalue weighted by Crippen LogP contribution is 2.23. The van der Waals surface area contributed by atoms with Gasteiger partial charge in [-0.2, -0.15) is 10.2 Å². The van der Waals surface area contributed by atoms with E-state index in [1.807, 2.05) is 0 Å². The Kier molecular flexibility index (Phi) is 4.19. The van der Waals surface area contributed by atoms with E-state index in [1.54, 1.807) is 18.5 Å². The van der Waals surface area contributed by atoms with E-state index in [9.17, 15) is 4.39 Å². The second-order valence-corrected chi connectivity index (χ2v) is 4.24. The Balaban J connectivity index is 2.23. The average molecular weight is 267 g/mol. The molecule has 1 atom stereocenters. The molecule has 0 aliphatic heterocycles. The van der Waals surface area contributed by atoms with Gasteiger partial charge in [0.1, 0.15) is 5.82 Å². The molecule has 0 aliphatic carbocycles. The van der Waals surface area contributed by atoms with Gasteiger partial charge in [0.25, 0.3) is 0 Å². The van der Waals surface area contributed by atoms with Crippen molar-refractivity contribution in [2.45, 2.75) is 12.5 Å². The van der Waals surface area contributed by atoms with Crippen molar-refractivity contribution >= 4 is 11.6 Å². The lowest BCUT2D eigenvalue weighted by Gasteiger charge is -2.16. The number of nitrogens with zero attached hydrogens (tertiary/aromatic N) is 2. The summed E-state index contributed by atoms with van der Waals surface area (Å²) in [6.07, 6.45) is 3.66. The number of hydrogen-bond acceptors (Lipinski definition) is 4. The largest absolute Gasteiger partial charge is 0.271 e. The van der Waals surface area contributed by atoms with Crippen molar-refractivity contribution in [3.63, 3.8) is 0 Å². The predicted molar refractivity (Wildman–Crippen MR) is 67.2 cm³/mol. The highest BCUT2D eigenvalue weighted by Gasteiger charge is 2.13. The fourth-order valence-corrected chi connectivity index (χ4v) is 1.89. The summed E-state index contributed by atoms with van der Waals surface area (Å²) >= 11 is 6.02. The zero-order valence-electron chi connectivity index (χ0n) is 9.48. The Bertz CT molecular complexity index is 521. The van der Waals surface area contributed by atoms with Crippen LogP contribution in [0.5, 0.6) is 0 Å². The summed E-state index contributed by atoms with van der Waals surface area (Å²) in [4.78, 5) is 0. The molecule has 0 aliphatic rings. The molecule has 0 amide bonds. The van der Waals surface area contributed by atoms with E-state index in [1.165, 1.54) is 18.2 Å². The van der Waals surface area contributed by atoms with Crippen molar-refractivity contribution in [2.24, 2.45) is 5.84 Å². The SMILES string of the molecule is NNC(Cc1cc(F)ccc1Cl)c1ccnnc1. The molecule has 1 heterocycles. The van der Waals surface area contributed by atoms with Gasteiger partial charge in [0.15, 0.2) is 0 Å². The van der Waals surface area contributed by atoms with E-state index in [0.29, 0.717) is 17.0 Å². The fourth-order valence-electron chi connectivity index (χ4n) is 1.70. The van der Waals surface area contributed by atoms with Gasteiger partial charge in [-0.1, -0.05) is 11.6 Å². The second kappa shape index (κ2) is 5.86. The van der Waals surface area contributed by atoms with Gasteiger partial charge in [-0.05, 0) is 41.8 Å². The van der Waals surface area contributed by atoms with Crippen LogP contribution in [0.15, 0.2) is 36.7 Å². The molecule has 18 heavy (non-hydrogen) atoms. The lowest BCUT2D eigenvalue weighted by molar-refractivity contribution is 0.545. The van der Waals surface area contributed by atoms with Gasteiger partial charge in [0.2, 0.25) is 0 Å². The van der Waals surface area contributed by atoms with Crippen LogP contribution in [-0.2, 0) is 6.42 Å². The van der Waals surface area contributed by atoms with Gasteiger partial charge in [-0.3, -0.25) is 11.3 Å². The van der Waals surface area contributed by atoms with E-state index < -0.39 is 0 Å². The summed E-state index contributed by atoms with van der Waals surface area (Å²) in [5.41, 5.74) is 4.22. The molecule has 0 bridgehead atoms. The van der Waals surface area contributed by atoms with Crippen LogP contribution in [0, 0.1) is 5.82 Å². The summed E-state index contributed by atoms with van der Waals surface area (Å²) in [6.45, 7) is 0. The fraction of sp³-hybridized carbons (Fsp3) is 0.167. The first-order valence-electron chi connectivity index (χ1n) is 5.37. The Hall–Kier alpha value is -1.56. The van der Waals surface area contributed by atoms with Crippen LogP contribution in [-0.4, -0.2) is 10.2 Å². The minimum atomic E-state index is -0.321. The molecule has 4 nitrogen and oxygen atoms in total. The van der Waals surface area contributed by atoms with E-state index in [2.05, 4.69) is 15.6 Å². The zero-order chi connectivity index (χ0) is 13.0. The molecule has 3 N–H and O–H groups in total. The Labute approximate surface area is 109 Å². The van der Waals surface area contributed by atoms with Crippen LogP contribution in [0.3, 0.4) is 0 Å². The van der Waals surface area contributed by atoms with Gasteiger partial charge >= 0.3 is 0 Å². The number of hydrogen-bond donors (Lipinski definition) is 2. The van der Waals surface area contributed by atoms with Gasteiger partial charge in [0.05, 0.1) is 12.2 Å². The summed E-state index contributed by atoms with van der Waals surface area (Å²) in [6, 6.07) is 5.86. The van der Waals surface area contributed by atoms with E-state index >= 15 is 0 Å². The van der Waals surface area contributed by atoms with Crippen molar-refractivity contribution in [3.8, 4) is 0 Å². The van der Waals surface area contributed by atoms with E-state index in [0.717, 1.165) is 5.56 Å². The van der Waals surface area contributed by atoms with Crippen molar-refractivity contribution in [2.75, 3.05) is 0 Å². The standard InChI is InChI=1S/C12H12ClFN4/c13-11-2-1-10(14)5-9(11)6-12(18-15)8-3-4-16-17-7-8/h1-5,7,12,18H,6,15H2. The molecule has 2 aromatic rings. The first-order valence-corrected chi connectivity index (χ1v) is 5.75. The number of rotatable bonds is 4. The molecule has 0 saturated carbocycles. The van der Waals surface area contributed by atoms with Crippen LogP contribution in [0.4, 0.5) is 4.39 Å². The average Bonchev–Trinajstić information content (AvgIpc) is 2.41. The topological polar surface area (TPSA) is 63.8 Å². The molecule has 0 spiro atoms. The maximum atomic E-state index is 13.2. The molecule has 94 valence electrons. The molecule has 2 rings (SSSR count). The molecule has 1 aromatic carbocycles.